The molecule has 0 saturated carbocycles. The quantitative estimate of drug-likeness (QED) is 0.0313. The summed E-state index contributed by atoms with van der Waals surface area (Å²) in [5.74, 6) is -0.289. The Balaban J connectivity index is 4.99. The van der Waals surface area contributed by atoms with Crippen molar-refractivity contribution >= 4 is 42.1 Å². The van der Waals surface area contributed by atoms with E-state index in [4.69, 9.17) is 13.0 Å². The summed E-state index contributed by atoms with van der Waals surface area (Å²) in [4.78, 5) is 11.6. The molecule has 0 N–H and O–H groups in total. The Morgan fingerprint density at radius 1 is 0.619 bits per heavy atom. The van der Waals surface area contributed by atoms with Crippen LogP contribution in [0.4, 0.5) is 0 Å². The van der Waals surface area contributed by atoms with Crippen molar-refractivity contribution in [2.45, 2.75) is 193 Å². The molecule has 8 heteroatoms. The van der Waals surface area contributed by atoms with Crippen molar-refractivity contribution in [2.75, 3.05) is 6.61 Å². The van der Waals surface area contributed by atoms with Gasteiger partial charge in [-0.05, 0) is 56.3 Å². The number of hydrogen-bond donors (Lipinski definition) is 0. The van der Waals surface area contributed by atoms with Crippen molar-refractivity contribution in [3.8, 4) is 0 Å². The van der Waals surface area contributed by atoms with E-state index in [2.05, 4.69) is 40.4 Å². The lowest BCUT2D eigenvalue weighted by Gasteiger charge is -2.34. The Kier molecular flexibility index (Phi) is 28.5. The van der Waals surface area contributed by atoms with E-state index in [0.717, 1.165) is 18.1 Å². The van der Waals surface area contributed by atoms with Crippen LogP contribution in [0, 0.1) is 0 Å². The van der Waals surface area contributed by atoms with Gasteiger partial charge in [-0.1, -0.05) is 143 Å². The Labute approximate surface area is 270 Å². The fraction of sp³-hybridized carbons (Fsp3) is 0.912. The molecule has 0 heterocycles. The first-order chi connectivity index (χ1) is 20.2. The van der Waals surface area contributed by atoms with Gasteiger partial charge in [0.25, 0.3) is 0 Å². The average molecular weight is 655 g/mol. The lowest BCUT2D eigenvalue weighted by molar-refractivity contribution is -0.138. The van der Waals surface area contributed by atoms with E-state index < -0.39 is 16.6 Å². The van der Waals surface area contributed by atoms with Crippen molar-refractivity contribution in [3.05, 3.63) is 12.2 Å². The average Bonchev–Trinajstić information content (AvgIpc) is 2.95. The fourth-order valence-electron chi connectivity index (χ4n) is 5.29. The van der Waals surface area contributed by atoms with E-state index in [1.54, 1.807) is 6.92 Å². The molecule has 0 aliphatic heterocycles. The summed E-state index contributed by atoms with van der Waals surface area (Å²) in [6.45, 7) is 17.4. The highest BCUT2D eigenvalue weighted by Gasteiger charge is 2.34. The maximum Gasteiger partial charge on any atom is 0.333 e. The first kappa shape index (κ1) is 42.0. The second-order valence-corrected chi connectivity index (χ2v) is 24.7. The zero-order valence-corrected chi connectivity index (χ0v) is 33.0. The number of rotatable bonds is 32. The van der Waals surface area contributed by atoms with Crippen LogP contribution < -0.4 is 0 Å². The normalized spacial score (nSPS) is 12.1. The summed E-state index contributed by atoms with van der Waals surface area (Å²) in [7, 11) is -2.42. The molecule has 0 amide bonds. The zero-order valence-electron chi connectivity index (χ0n) is 29.0. The topological polar surface area (TPSA) is 44.8 Å². The number of carbonyl (C=O) groups is 1. The maximum absolute atomic E-state index is 11.6. The Hall–Kier alpha value is -0.00247. The third-order valence-electron chi connectivity index (χ3n) is 8.10. The molecule has 0 aliphatic rings. The van der Waals surface area contributed by atoms with Crippen LogP contribution in [0.25, 0.3) is 0 Å². The molecule has 0 aromatic heterocycles. The van der Waals surface area contributed by atoms with E-state index in [1.165, 1.54) is 134 Å². The van der Waals surface area contributed by atoms with Crippen LogP contribution in [0.15, 0.2) is 12.2 Å². The predicted molar refractivity (Wildman–Crippen MR) is 191 cm³/mol. The molecular formula is C34H70O4Si4. The molecular weight excluding hydrogens is 585 g/mol. The van der Waals surface area contributed by atoms with Gasteiger partial charge in [0.1, 0.15) is 0 Å². The van der Waals surface area contributed by atoms with Gasteiger partial charge < -0.3 is 13.0 Å². The number of hydrogen-bond acceptors (Lipinski definition) is 4. The van der Waals surface area contributed by atoms with Gasteiger partial charge in [-0.25, -0.2) is 4.79 Å². The highest BCUT2D eigenvalue weighted by molar-refractivity contribution is 6.84. The van der Waals surface area contributed by atoms with Gasteiger partial charge in [-0.2, -0.15) is 0 Å². The largest absolute Gasteiger partial charge is 0.462 e. The minimum Gasteiger partial charge on any atom is -0.462 e. The first-order valence-corrected chi connectivity index (χ1v) is 25.7. The Bertz CT molecular complexity index is 604. The monoisotopic (exact) mass is 654 g/mol. The molecule has 0 rings (SSSR count). The molecule has 0 atom stereocenters. The first-order valence-electron chi connectivity index (χ1n) is 17.9. The van der Waals surface area contributed by atoms with Gasteiger partial charge in [-0.3, -0.25) is 0 Å². The van der Waals surface area contributed by atoms with Gasteiger partial charge >= 0.3 is 5.97 Å². The highest BCUT2D eigenvalue weighted by Crippen LogP contribution is 2.31. The summed E-state index contributed by atoms with van der Waals surface area (Å²) >= 11 is 0. The molecule has 42 heavy (non-hydrogen) atoms. The van der Waals surface area contributed by atoms with E-state index in [1.807, 2.05) is 0 Å². The van der Waals surface area contributed by atoms with Crippen LogP contribution in [0.3, 0.4) is 0 Å². The van der Waals surface area contributed by atoms with E-state index in [9.17, 15) is 4.79 Å². The summed E-state index contributed by atoms with van der Waals surface area (Å²) in [6, 6.07) is 5.09. The Morgan fingerprint density at radius 3 is 1.48 bits per heavy atom. The highest BCUT2D eigenvalue weighted by atomic mass is 28.4. The van der Waals surface area contributed by atoms with Crippen molar-refractivity contribution in [1.82, 2.24) is 0 Å². The molecule has 4 radical (unpaired) electrons. The third kappa shape index (κ3) is 25.3. The van der Waals surface area contributed by atoms with Crippen molar-refractivity contribution in [2.24, 2.45) is 0 Å². The summed E-state index contributed by atoms with van der Waals surface area (Å²) in [5.41, 5.74) is 1.58. The van der Waals surface area contributed by atoms with Crippen molar-refractivity contribution in [1.29, 1.82) is 0 Å². The Morgan fingerprint density at radius 2 is 1.05 bits per heavy atom. The molecule has 0 bridgehead atoms. The van der Waals surface area contributed by atoms with Crippen LogP contribution in [0.5, 0.6) is 0 Å². The molecule has 0 spiro atoms. The molecule has 246 valence electrons. The standard InChI is InChI=1S/C34H70O4Si4/c1-8-11-14-17-20-23-29-42(30-24-21-18-15-12-9-2,31-25-22-19-16-13-10-3)38-40-32-41(6,7)37-39-28-26-27-36-34(35)33(4)5/h4,8-32H2,1-3,5-7H3. The van der Waals surface area contributed by atoms with Crippen molar-refractivity contribution in [3.63, 3.8) is 0 Å². The molecule has 0 aromatic carbocycles. The lowest BCUT2D eigenvalue weighted by Crippen LogP contribution is -2.42. The number of esters is 1. The molecule has 0 unspecified atom stereocenters. The number of ether oxygens (including phenoxy) is 1. The molecule has 0 aliphatic carbocycles. The van der Waals surface area contributed by atoms with Crippen LogP contribution in [0.1, 0.15) is 150 Å². The van der Waals surface area contributed by atoms with Crippen LogP contribution in [0.2, 0.25) is 42.9 Å². The second kappa shape index (κ2) is 28.5. The minimum atomic E-state index is -1.76. The zero-order chi connectivity index (χ0) is 31.4. The maximum atomic E-state index is 11.6. The van der Waals surface area contributed by atoms with Crippen LogP contribution >= 0.6 is 0 Å². The predicted octanol–water partition coefficient (Wildman–Crippen LogP) is 11.4. The smallest absolute Gasteiger partial charge is 0.333 e. The van der Waals surface area contributed by atoms with E-state index >= 15 is 0 Å². The van der Waals surface area contributed by atoms with E-state index in [0.29, 0.717) is 31.7 Å². The second-order valence-electron chi connectivity index (χ2n) is 13.2. The number of carbonyl (C=O) groups excluding carboxylic acids is 1. The summed E-state index contributed by atoms with van der Waals surface area (Å²) < 4.78 is 18.9. The fourth-order valence-corrected chi connectivity index (χ4v) is 16.7. The summed E-state index contributed by atoms with van der Waals surface area (Å²) in [6.07, 6.45) is 25.7. The molecule has 0 aromatic rings. The number of unbranched alkanes of at least 4 members (excludes halogenated alkanes) is 15. The third-order valence-corrected chi connectivity index (χ3v) is 21.5. The van der Waals surface area contributed by atoms with Gasteiger partial charge in [-0.15, -0.1) is 0 Å². The molecule has 0 saturated heterocycles. The van der Waals surface area contributed by atoms with Crippen molar-refractivity contribution < 1.29 is 17.8 Å². The van der Waals surface area contributed by atoms with Crippen LogP contribution in [-0.4, -0.2) is 48.7 Å². The van der Waals surface area contributed by atoms with E-state index in [-0.39, 0.29) is 5.97 Å². The van der Waals surface area contributed by atoms with Gasteiger partial charge in [0.05, 0.1) is 6.61 Å². The van der Waals surface area contributed by atoms with Gasteiger partial charge in [0.15, 0.2) is 16.6 Å². The lowest BCUT2D eigenvalue weighted by atomic mass is 10.1. The SMILES string of the molecule is C=C(C)C(=O)OCCC[Si]O[Si](C)(C)C[Si]O[Si](CCCCCCCC)(CCCCCCCC)CCCCCCCC. The minimum absolute atomic E-state index is 0.289. The summed E-state index contributed by atoms with van der Waals surface area (Å²) in [5, 5.41) is 0. The van der Waals surface area contributed by atoms with Gasteiger partial charge in [0.2, 0.25) is 19.5 Å². The van der Waals surface area contributed by atoms with Crippen LogP contribution in [-0.2, 0) is 17.8 Å². The molecule has 4 nitrogen and oxygen atoms in total. The van der Waals surface area contributed by atoms with Gasteiger partial charge in [0, 0.05) is 5.57 Å². The molecule has 0 fully saturated rings.